The zero-order valence-electron chi connectivity index (χ0n) is 15.7. The molecule has 156 valence electrons. The number of carbonyl (C=O) groups excluding carboxylic acids is 1. The van der Waals surface area contributed by atoms with Crippen LogP contribution in [0.3, 0.4) is 0 Å². The molecule has 1 amide bonds. The van der Waals surface area contributed by atoms with Gasteiger partial charge in [-0.1, -0.05) is 43.0 Å². The topological polar surface area (TPSA) is 59.0 Å². The van der Waals surface area contributed by atoms with Crippen LogP contribution in [-0.4, -0.2) is 27.9 Å². The molecule has 2 atom stereocenters. The Morgan fingerprint density at radius 2 is 1.86 bits per heavy atom. The van der Waals surface area contributed by atoms with E-state index < -0.39 is 24.2 Å². The third-order valence-corrected chi connectivity index (χ3v) is 5.89. The molecule has 2 N–H and O–H groups in total. The normalized spacial score (nSPS) is 22.6. The van der Waals surface area contributed by atoms with Crippen LogP contribution in [0, 0.1) is 0 Å². The second-order valence-electron chi connectivity index (χ2n) is 7.71. The molecule has 2 aliphatic rings. The molecule has 0 spiro atoms. The average Bonchev–Trinajstić information content (AvgIpc) is 3.12. The lowest BCUT2D eigenvalue weighted by molar-refractivity contribution is -0.173. The number of hydrogen-bond donors (Lipinski definition) is 2. The fraction of sp³-hybridized carbons (Fsp3) is 0.500. The first-order valence-corrected chi connectivity index (χ1v) is 10.2. The standard InChI is InChI=1S/C20H22ClF3N4O/c21-13-8-6-12(7-9-13)15-10-17(20(22,23)24)28-18(26-15)11-16(27-28)19(29)25-14-4-2-1-3-5-14/h6-9,11,14-15,17,26H,1-5,10H2,(H,25,29)/t15-,17+/m0/s1. The summed E-state index contributed by atoms with van der Waals surface area (Å²) in [5.41, 5.74) is 0.702. The van der Waals surface area contributed by atoms with Gasteiger partial charge in [0.25, 0.3) is 5.91 Å². The van der Waals surface area contributed by atoms with Crippen LogP contribution in [0.4, 0.5) is 19.0 Å². The highest BCUT2D eigenvalue weighted by molar-refractivity contribution is 6.30. The maximum absolute atomic E-state index is 13.7. The summed E-state index contributed by atoms with van der Waals surface area (Å²) in [5, 5.41) is 10.5. The summed E-state index contributed by atoms with van der Waals surface area (Å²) in [6.45, 7) is 0. The molecule has 0 saturated heterocycles. The van der Waals surface area contributed by atoms with Gasteiger partial charge in [-0.15, -0.1) is 0 Å². The van der Waals surface area contributed by atoms with Gasteiger partial charge in [-0.2, -0.15) is 18.3 Å². The predicted octanol–water partition coefficient (Wildman–Crippen LogP) is 5.26. The maximum Gasteiger partial charge on any atom is 0.410 e. The summed E-state index contributed by atoms with van der Waals surface area (Å²) in [6.07, 6.45) is 0.321. The van der Waals surface area contributed by atoms with Crippen LogP contribution < -0.4 is 10.6 Å². The lowest BCUT2D eigenvalue weighted by atomic mass is 9.95. The molecule has 9 heteroatoms. The van der Waals surface area contributed by atoms with Crippen molar-refractivity contribution in [3.05, 3.63) is 46.6 Å². The van der Waals surface area contributed by atoms with Gasteiger partial charge in [-0.25, -0.2) is 4.68 Å². The number of aromatic nitrogens is 2. The van der Waals surface area contributed by atoms with Crippen molar-refractivity contribution in [3.63, 3.8) is 0 Å². The minimum atomic E-state index is -4.48. The van der Waals surface area contributed by atoms with Crippen LogP contribution in [0.2, 0.25) is 5.02 Å². The minimum Gasteiger partial charge on any atom is -0.363 e. The second kappa shape index (κ2) is 7.89. The Balaban J connectivity index is 1.59. The molecule has 0 bridgehead atoms. The van der Waals surface area contributed by atoms with E-state index in [1.807, 2.05) is 0 Å². The van der Waals surface area contributed by atoms with Gasteiger partial charge in [0.1, 0.15) is 5.82 Å². The number of alkyl halides is 3. The van der Waals surface area contributed by atoms with Crippen molar-refractivity contribution in [2.45, 2.75) is 62.8 Å². The predicted molar refractivity (Wildman–Crippen MR) is 104 cm³/mol. The highest BCUT2D eigenvalue weighted by Crippen LogP contribution is 2.43. The summed E-state index contributed by atoms with van der Waals surface area (Å²) in [5.74, 6) is -0.239. The molecule has 29 heavy (non-hydrogen) atoms. The Kier molecular flexibility index (Phi) is 5.46. The van der Waals surface area contributed by atoms with E-state index in [9.17, 15) is 18.0 Å². The number of anilines is 1. The van der Waals surface area contributed by atoms with Crippen LogP contribution in [0.5, 0.6) is 0 Å². The van der Waals surface area contributed by atoms with E-state index in [-0.39, 0.29) is 24.0 Å². The van der Waals surface area contributed by atoms with Crippen molar-refractivity contribution >= 4 is 23.3 Å². The van der Waals surface area contributed by atoms with Crippen molar-refractivity contribution in [2.24, 2.45) is 0 Å². The molecular formula is C20H22ClF3N4O. The zero-order chi connectivity index (χ0) is 20.6. The highest BCUT2D eigenvalue weighted by Gasteiger charge is 2.46. The second-order valence-corrected chi connectivity index (χ2v) is 8.15. The van der Waals surface area contributed by atoms with Gasteiger partial charge in [0.05, 0.1) is 6.04 Å². The third-order valence-electron chi connectivity index (χ3n) is 5.64. The first-order chi connectivity index (χ1) is 13.8. The SMILES string of the molecule is O=C(NC1CCCCC1)c1cc2n(n1)[C@@H](C(F)(F)F)C[C@@H](c1ccc(Cl)cc1)N2. The molecule has 1 fully saturated rings. The van der Waals surface area contributed by atoms with Crippen molar-refractivity contribution in [1.82, 2.24) is 15.1 Å². The Bertz CT molecular complexity index is 875. The van der Waals surface area contributed by atoms with Gasteiger partial charge in [-0.3, -0.25) is 4.79 Å². The Morgan fingerprint density at radius 3 is 2.52 bits per heavy atom. The Morgan fingerprint density at radius 1 is 1.17 bits per heavy atom. The molecular weight excluding hydrogens is 405 g/mol. The van der Waals surface area contributed by atoms with Crippen LogP contribution in [0.25, 0.3) is 0 Å². The van der Waals surface area contributed by atoms with E-state index in [2.05, 4.69) is 15.7 Å². The van der Waals surface area contributed by atoms with E-state index in [0.717, 1.165) is 36.8 Å². The van der Waals surface area contributed by atoms with Crippen LogP contribution >= 0.6 is 11.6 Å². The Hall–Kier alpha value is -2.22. The fourth-order valence-corrected chi connectivity index (χ4v) is 4.23. The molecule has 4 rings (SSSR count). The van der Waals surface area contributed by atoms with Gasteiger partial charge < -0.3 is 10.6 Å². The molecule has 0 unspecified atom stereocenters. The molecule has 1 aromatic heterocycles. The molecule has 5 nitrogen and oxygen atoms in total. The summed E-state index contributed by atoms with van der Waals surface area (Å²) in [4.78, 5) is 12.6. The number of nitrogens with zero attached hydrogens (tertiary/aromatic N) is 2. The number of hydrogen-bond acceptors (Lipinski definition) is 3. The largest absolute Gasteiger partial charge is 0.410 e. The van der Waals surface area contributed by atoms with E-state index in [1.54, 1.807) is 24.3 Å². The molecule has 1 aromatic carbocycles. The fourth-order valence-electron chi connectivity index (χ4n) is 4.10. The Labute approximate surface area is 171 Å². The number of nitrogens with one attached hydrogen (secondary N) is 2. The maximum atomic E-state index is 13.7. The quantitative estimate of drug-likeness (QED) is 0.703. The average molecular weight is 427 g/mol. The van der Waals surface area contributed by atoms with E-state index in [4.69, 9.17) is 11.6 Å². The first-order valence-electron chi connectivity index (χ1n) is 9.80. The smallest absolute Gasteiger partial charge is 0.363 e. The summed E-state index contributed by atoms with van der Waals surface area (Å²) in [7, 11) is 0. The number of benzene rings is 1. The molecule has 2 aromatic rings. The number of amides is 1. The summed E-state index contributed by atoms with van der Waals surface area (Å²) < 4.78 is 42.1. The van der Waals surface area contributed by atoms with E-state index in [0.29, 0.717) is 10.6 Å². The van der Waals surface area contributed by atoms with E-state index in [1.165, 1.54) is 6.07 Å². The zero-order valence-corrected chi connectivity index (χ0v) is 16.4. The number of carbonyl (C=O) groups is 1. The van der Waals surface area contributed by atoms with Gasteiger partial charge in [-0.05, 0) is 30.5 Å². The molecule has 0 radical (unpaired) electrons. The van der Waals surface area contributed by atoms with Crippen LogP contribution in [0.1, 0.15) is 66.7 Å². The van der Waals surface area contributed by atoms with Gasteiger partial charge in [0.2, 0.25) is 0 Å². The molecule has 1 aliphatic carbocycles. The monoisotopic (exact) mass is 426 g/mol. The van der Waals surface area contributed by atoms with Crippen molar-refractivity contribution in [3.8, 4) is 0 Å². The first kappa shape index (κ1) is 20.1. The molecule has 2 heterocycles. The van der Waals surface area contributed by atoms with Crippen molar-refractivity contribution in [1.29, 1.82) is 0 Å². The minimum absolute atomic E-state index is 0.00378. The van der Waals surface area contributed by atoms with Gasteiger partial charge in [0, 0.05) is 23.6 Å². The van der Waals surface area contributed by atoms with Gasteiger partial charge in [0.15, 0.2) is 11.7 Å². The lowest BCUT2D eigenvalue weighted by Gasteiger charge is -2.33. The summed E-state index contributed by atoms with van der Waals surface area (Å²) >= 11 is 5.89. The lowest BCUT2D eigenvalue weighted by Crippen LogP contribution is -2.37. The molecule has 1 aliphatic heterocycles. The van der Waals surface area contributed by atoms with Crippen LogP contribution in [-0.2, 0) is 0 Å². The van der Waals surface area contributed by atoms with Crippen molar-refractivity contribution in [2.75, 3.05) is 5.32 Å². The number of rotatable bonds is 3. The van der Waals surface area contributed by atoms with E-state index >= 15 is 0 Å². The number of fused-ring (bicyclic) bond motifs is 1. The van der Waals surface area contributed by atoms with Crippen molar-refractivity contribution < 1.29 is 18.0 Å². The highest BCUT2D eigenvalue weighted by atomic mass is 35.5. The van der Waals surface area contributed by atoms with Crippen LogP contribution in [0.15, 0.2) is 30.3 Å². The number of halogens is 4. The third kappa shape index (κ3) is 4.37. The summed E-state index contributed by atoms with van der Waals surface area (Å²) in [6, 6.07) is 5.80. The van der Waals surface area contributed by atoms with Gasteiger partial charge >= 0.3 is 6.18 Å². The molecule has 1 saturated carbocycles.